The predicted octanol–water partition coefficient (Wildman–Crippen LogP) is 3.57. The zero-order valence-electron chi connectivity index (χ0n) is 14.1. The first-order chi connectivity index (χ1) is 13.2. The summed E-state index contributed by atoms with van der Waals surface area (Å²) in [4.78, 5) is 27.9. The Balaban J connectivity index is 2.03. The van der Waals surface area contributed by atoms with Gasteiger partial charge >= 0.3 is 0 Å². The Bertz CT molecular complexity index is 1080. The highest BCUT2D eigenvalue weighted by atomic mass is 16.5. The van der Waals surface area contributed by atoms with Gasteiger partial charge in [0.2, 0.25) is 0 Å². The summed E-state index contributed by atoms with van der Waals surface area (Å²) in [6.07, 6.45) is 4.92. The highest BCUT2D eigenvalue weighted by Crippen LogP contribution is 2.40. The lowest BCUT2D eigenvalue weighted by atomic mass is 9.90. The Labute approximate surface area is 154 Å². The second kappa shape index (κ2) is 6.76. The zero-order valence-corrected chi connectivity index (χ0v) is 14.1. The largest absolute Gasteiger partial charge is 0.458 e. The van der Waals surface area contributed by atoms with Gasteiger partial charge < -0.3 is 15.2 Å². The zero-order chi connectivity index (χ0) is 18.8. The molecule has 0 atom stereocenters. The van der Waals surface area contributed by atoms with Gasteiger partial charge in [0.1, 0.15) is 18.2 Å². The summed E-state index contributed by atoms with van der Waals surface area (Å²) in [5.41, 5.74) is 8.46. The molecule has 0 radical (unpaired) electrons. The third-order valence-electron chi connectivity index (χ3n) is 4.21. The molecule has 6 heteroatoms. The molecule has 2 heterocycles. The van der Waals surface area contributed by atoms with Crippen molar-refractivity contribution in [2.75, 3.05) is 0 Å². The number of hydrogen-bond acceptors (Lipinski definition) is 5. The van der Waals surface area contributed by atoms with Crippen LogP contribution >= 0.6 is 0 Å². The van der Waals surface area contributed by atoms with Crippen LogP contribution < -0.4 is 15.2 Å². The van der Waals surface area contributed by atoms with Crippen LogP contribution in [0.2, 0.25) is 0 Å². The Morgan fingerprint density at radius 3 is 2.37 bits per heavy atom. The van der Waals surface area contributed by atoms with Gasteiger partial charge in [-0.2, -0.15) is 0 Å². The monoisotopic (exact) mass is 358 g/mol. The molecule has 1 aromatic heterocycles. The molecule has 1 aliphatic rings. The van der Waals surface area contributed by atoms with Crippen LogP contribution in [0.4, 0.5) is 0 Å². The number of ether oxygens (including phenoxy) is 2. The van der Waals surface area contributed by atoms with Gasteiger partial charge in [0.05, 0.1) is 0 Å². The average molecular weight is 358 g/mol. The van der Waals surface area contributed by atoms with E-state index in [0.717, 1.165) is 5.56 Å². The van der Waals surface area contributed by atoms with E-state index < -0.39 is 5.91 Å². The quantitative estimate of drug-likeness (QED) is 0.720. The molecule has 3 aromatic rings. The van der Waals surface area contributed by atoms with Gasteiger partial charge in [-0.15, -0.1) is 0 Å². The summed E-state index contributed by atoms with van der Waals surface area (Å²) < 4.78 is 10.9. The second-order valence-electron chi connectivity index (χ2n) is 5.83. The van der Waals surface area contributed by atoms with Crippen molar-refractivity contribution < 1.29 is 19.1 Å². The molecule has 0 aliphatic carbocycles. The van der Waals surface area contributed by atoms with Crippen molar-refractivity contribution >= 4 is 12.2 Å². The fourth-order valence-corrected chi connectivity index (χ4v) is 3.05. The van der Waals surface area contributed by atoms with Crippen LogP contribution in [-0.2, 0) is 0 Å². The molecule has 6 nitrogen and oxygen atoms in total. The number of carbonyl (C=O) groups is 2. The van der Waals surface area contributed by atoms with E-state index in [1.165, 1.54) is 18.7 Å². The number of primary amides is 1. The molecule has 0 bridgehead atoms. The smallest absolute Gasteiger partial charge is 0.267 e. The Kier molecular flexibility index (Phi) is 4.14. The third-order valence-corrected chi connectivity index (χ3v) is 4.21. The van der Waals surface area contributed by atoms with Gasteiger partial charge in [0, 0.05) is 22.9 Å². The molecule has 0 spiro atoms. The fraction of sp³-hybridized carbons (Fsp3) is 0. The van der Waals surface area contributed by atoms with E-state index in [9.17, 15) is 9.59 Å². The molecule has 4 rings (SSSR count). The Hall–Kier alpha value is -3.93. The fourth-order valence-electron chi connectivity index (χ4n) is 3.05. The minimum atomic E-state index is -0.673. The number of rotatable bonds is 4. The first-order valence-corrected chi connectivity index (χ1v) is 8.15. The standard InChI is InChI=1S/C21H14N2O4/c22-21(25)20-19(13-4-2-1-3-5-13)18(15(12-24)11-23-20)14-6-7-16-17(10-14)27-9-8-26-16/h1-12H,(H2,22,25). The van der Waals surface area contributed by atoms with Crippen LogP contribution in [-0.4, -0.2) is 17.2 Å². The van der Waals surface area contributed by atoms with Crippen molar-refractivity contribution in [3.05, 3.63) is 78.5 Å². The molecular weight excluding hydrogens is 344 g/mol. The SMILES string of the molecule is NC(=O)c1ncc(C=O)c(-c2ccc3c(c2)OC=CO3)c1-c1ccccc1. The van der Waals surface area contributed by atoms with E-state index in [1.807, 2.05) is 30.3 Å². The number of nitrogens with two attached hydrogens (primary N) is 1. The Morgan fingerprint density at radius 2 is 1.67 bits per heavy atom. The molecule has 0 fully saturated rings. The number of hydrogen-bond donors (Lipinski definition) is 1. The summed E-state index contributed by atoms with van der Waals surface area (Å²) in [5.74, 6) is 0.385. The van der Waals surface area contributed by atoms with E-state index in [4.69, 9.17) is 15.2 Å². The lowest BCUT2D eigenvalue weighted by Crippen LogP contribution is -2.16. The maximum Gasteiger partial charge on any atom is 0.267 e. The summed E-state index contributed by atoms with van der Waals surface area (Å²) in [6.45, 7) is 0. The number of aldehydes is 1. The molecule has 2 aromatic carbocycles. The second-order valence-corrected chi connectivity index (χ2v) is 5.83. The molecule has 0 unspecified atom stereocenters. The average Bonchev–Trinajstić information content (AvgIpc) is 2.72. The van der Waals surface area contributed by atoms with Crippen LogP contribution in [0.1, 0.15) is 20.8 Å². The number of fused-ring (bicyclic) bond motifs is 1. The normalized spacial score (nSPS) is 11.9. The van der Waals surface area contributed by atoms with E-state index in [0.29, 0.717) is 40.0 Å². The minimum absolute atomic E-state index is 0.0941. The van der Waals surface area contributed by atoms with Crippen LogP contribution in [0, 0.1) is 0 Å². The minimum Gasteiger partial charge on any atom is -0.458 e. The number of nitrogens with zero attached hydrogens (tertiary/aromatic N) is 1. The van der Waals surface area contributed by atoms with Crippen LogP contribution in [0.25, 0.3) is 22.3 Å². The lowest BCUT2D eigenvalue weighted by molar-refractivity contribution is 0.0995. The van der Waals surface area contributed by atoms with Crippen molar-refractivity contribution in [1.82, 2.24) is 4.98 Å². The molecule has 1 amide bonds. The van der Waals surface area contributed by atoms with Crippen LogP contribution in [0.3, 0.4) is 0 Å². The summed E-state index contributed by atoms with van der Waals surface area (Å²) in [6, 6.07) is 14.5. The molecule has 0 saturated carbocycles. The first kappa shape index (κ1) is 16.5. The molecular formula is C21H14N2O4. The third kappa shape index (κ3) is 2.93. The summed E-state index contributed by atoms with van der Waals surface area (Å²) in [7, 11) is 0. The lowest BCUT2D eigenvalue weighted by Gasteiger charge is -2.18. The first-order valence-electron chi connectivity index (χ1n) is 8.15. The maximum absolute atomic E-state index is 12.0. The predicted molar refractivity (Wildman–Crippen MR) is 99.4 cm³/mol. The molecule has 2 N–H and O–H groups in total. The summed E-state index contributed by atoms with van der Waals surface area (Å²) >= 11 is 0. The number of amides is 1. The number of pyridine rings is 1. The molecule has 0 saturated heterocycles. The summed E-state index contributed by atoms with van der Waals surface area (Å²) in [5, 5.41) is 0. The molecule has 27 heavy (non-hydrogen) atoms. The van der Waals surface area contributed by atoms with E-state index in [2.05, 4.69) is 4.98 Å². The van der Waals surface area contributed by atoms with Gasteiger partial charge in [-0.3, -0.25) is 9.59 Å². The van der Waals surface area contributed by atoms with Gasteiger partial charge in [0.25, 0.3) is 5.91 Å². The maximum atomic E-state index is 12.0. The van der Waals surface area contributed by atoms with Gasteiger partial charge in [-0.1, -0.05) is 36.4 Å². The molecule has 1 aliphatic heterocycles. The highest BCUT2D eigenvalue weighted by molar-refractivity contribution is 6.05. The van der Waals surface area contributed by atoms with Crippen molar-refractivity contribution in [3.63, 3.8) is 0 Å². The van der Waals surface area contributed by atoms with E-state index in [-0.39, 0.29) is 5.69 Å². The van der Waals surface area contributed by atoms with Crippen molar-refractivity contribution in [3.8, 4) is 33.8 Å². The number of aromatic nitrogens is 1. The number of benzene rings is 2. The van der Waals surface area contributed by atoms with Crippen molar-refractivity contribution in [2.45, 2.75) is 0 Å². The van der Waals surface area contributed by atoms with Crippen LogP contribution in [0.15, 0.2) is 67.3 Å². The van der Waals surface area contributed by atoms with E-state index >= 15 is 0 Å². The number of carbonyl (C=O) groups excluding carboxylic acids is 2. The highest BCUT2D eigenvalue weighted by Gasteiger charge is 2.22. The van der Waals surface area contributed by atoms with Crippen molar-refractivity contribution in [1.29, 1.82) is 0 Å². The topological polar surface area (TPSA) is 91.5 Å². The van der Waals surface area contributed by atoms with Gasteiger partial charge in [-0.05, 0) is 23.3 Å². The van der Waals surface area contributed by atoms with E-state index in [1.54, 1.807) is 18.2 Å². The van der Waals surface area contributed by atoms with Crippen LogP contribution in [0.5, 0.6) is 11.5 Å². The van der Waals surface area contributed by atoms with Gasteiger partial charge in [-0.25, -0.2) is 4.98 Å². The Morgan fingerprint density at radius 1 is 0.926 bits per heavy atom. The molecule has 132 valence electrons. The van der Waals surface area contributed by atoms with Crippen molar-refractivity contribution in [2.24, 2.45) is 5.73 Å². The van der Waals surface area contributed by atoms with Gasteiger partial charge in [0.15, 0.2) is 17.8 Å².